The molecule has 0 aromatic heterocycles. The van der Waals surface area contributed by atoms with Crippen LogP contribution in [-0.4, -0.2) is 14.2 Å². The van der Waals surface area contributed by atoms with Crippen molar-refractivity contribution in [1.82, 2.24) is 0 Å². The van der Waals surface area contributed by atoms with E-state index in [-0.39, 0.29) is 0 Å². The molecule has 0 aliphatic carbocycles. The molecule has 2 aromatic carbocycles. The summed E-state index contributed by atoms with van der Waals surface area (Å²) in [6.07, 6.45) is 0. The van der Waals surface area contributed by atoms with Crippen molar-refractivity contribution in [3.8, 4) is 5.75 Å². The number of aryl methyl sites for hydroxylation is 1. The third-order valence-electron chi connectivity index (χ3n) is 3.20. The molecule has 0 spiro atoms. The quantitative estimate of drug-likeness (QED) is 0.854. The Morgan fingerprint density at radius 3 is 2.68 bits per heavy atom. The Kier molecular flexibility index (Phi) is 3.95. The van der Waals surface area contributed by atoms with Crippen LogP contribution in [0.4, 0.5) is 11.4 Å². The number of ether oxygens (including phenoxy) is 1. The number of hydrogen-bond acceptors (Lipinski definition) is 3. The van der Waals surface area contributed by atoms with E-state index in [1.54, 1.807) is 7.11 Å². The van der Waals surface area contributed by atoms with Crippen LogP contribution in [0.15, 0.2) is 42.5 Å². The van der Waals surface area contributed by atoms with E-state index in [9.17, 15) is 0 Å². The monoisotopic (exact) mass is 256 g/mol. The number of methoxy groups -OCH3 is 1. The fraction of sp³-hybridized carbons (Fsp3) is 0.250. The standard InChI is InChI=1S/C16H20N2O/c1-12-7-8-14(17)10-16(12)18(2)11-13-5-4-6-15(9-13)19-3/h4-10H,11,17H2,1-3H3. The van der Waals surface area contributed by atoms with Crippen LogP contribution in [0.5, 0.6) is 5.75 Å². The summed E-state index contributed by atoms with van der Waals surface area (Å²) in [6.45, 7) is 2.92. The molecule has 100 valence electrons. The average molecular weight is 256 g/mol. The zero-order valence-corrected chi connectivity index (χ0v) is 11.7. The van der Waals surface area contributed by atoms with Crippen LogP contribution in [-0.2, 0) is 6.54 Å². The maximum Gasteiger partial charge on any atom is 0.119 e. The van der Waals surface area contributed by atoms with Gasteiger partial charge in [0.05, 0.1) is 7.11 Å². The molecule has 3 heteroatoms. The minimum Gasteiger partial charge on any atom is -0.497 e. The summed E-state index contributed by atoms with van der Waals surface area (Å²) in [6, 6.07) is 14.1. The summed E-state index contributed by atoms with van der Waals surface area (Å²) in [5, 5.41) is 0. The van der Waals surface area contributed by atoms with Crippen LogP contribution >= 0.6 is 0 Å². The smallest absolute Gasteiger partial charge is 0.119 e. The Morgan fingerprint density at radius 1 is 1.16 bits per heavy atom. The van der Waals surface area contributed by atoms with E-state index in [1.165, 1.54) is 11.1 Å². The van der Waals surface area contributed by atoms with Gasteiger partial charge in [-0.1, -0.05) is 18.2 Å². The highest BCUT2D eigenvalue weighted by Gasteiger charge is 2.06. The predicted molar refractivity (Wildman–Crippen MR) is 80.7 cm³/mol. The first-order chi connectivity index (χ1) is 9.10. The molecule has 2 aromatic rings. The molecule has 0 heterocycles. The van der Waals surface area contributed by atoms with Gasteiger partial charge >= 0.3 is 0 Å². The highest BCUT2D eigenvalue weighted by atomic mass is 16.5. The molecule has 0 amide bonds. The van der Waals surface area contributed by atoms with Gasteiger partial charge in [-0.3, -0.25) is 0 Å². The Labute approximate surface area is 114 Å². The fourth-order valence-electron chi connectivity index (χ4n) is 2.17. The molecule has 0 atom stereocenters. The van der Waals surface area contributed by atoms with Crippen LogP contribution in [0.1, 0.15) is 11.1 Å². The first-order valence-electron chi connectivity index (χ1n) is 6.30. The van der Waals surface area contributed by atoms with E-state index < -0.39 is 0 Å². The van der Waals surface area contributed by atoms with Gasteiger partial charge in [-0.05, 0) is 42.3 Å². The maximum absolute atomic E-state index is 5.86. The van der Waals surface area contributed by atoms with Crippen molar-refractivity contribution in [2.45, 2.75) is 13.5 Å². The lowest BCUT2D eigenvalue weighted by Crippen LogP contribution is -2.17. The van der Waals surface area contributed by atoms with E-state index in [0.717, 1.165) is 23.7 Å². The van der Waals surface area contributed by atoms with Crippen LogP contribution < -0.4 is 15.4 Å². The summed E-state index contributed by atoms with van der Waals surface area (Å²) >= 11 is 0. The van der Waals surface area contributed by atoms with E-state index >= 15 is 0 Å². The molecule has 2 rings (SSSR count). The summed E-state index contributed by atoms with van der Waals surface area (Å²) in [5.41, 5.74) is 10.2. The molecule has 0 aliphatic rings. The number of nitrogen functional groups attached to an aromatic ring is 1. The fourth-order valence-corrected chi connectivity index (χ4v) is 2.17. The number of anilines is 2. The van der Waals surface area contributed by atoms with E-state index in [1.807, 2.05) is 30.3 Å². The Balaban J connectivity index is 2.20. The molecule has 0 bridgehead atoms. The molecule has 2 N–H and O–H groups in total. The lowest BCUT2D eigenvalue weighted by Gasteiger charge is -2.22. The molecule has 0 unspecified atom stereocenters. The van der Waals surface area contributed by atoms with Gasteiger partial charge < -0.3 is 15.4 Å². The third kappa shape index (κ3) is 3.19. The Hall–Kier alpha value is -2.16. The normalized spacial score (nSPS) is 10.3. The Bertz CT molecular complexity index is 566. The van der Waals surface area contributed by atoms with Gasteiger partial charge in [0.25, 0.3) is 0 Å². The summed E-state index contributed by atoms with van der Waals surface area (Å²) in [7, 11) is 3.76. The number of nitrogens with zero attached hydrogens (tertiary/aromatic N) is 1. The van der Waals surface area contributed by atoms with Crippen LogP contribution in [0.3, 0.4) is 0 Å². The van der Waals surface area contributed by atoms with Crippen molar-refractivity contribution in [2.75, 3.05) is 24.8 Å². The van der Waals surface area contributed by atoms with Crippen molar-refractivity contribution in [3.63, 3.8) is 0 Å². The van der Waals surface area contributed by atoms with Gasteiger partial charge in [0, 0.05) is 25.0 Å². The summed E-state index contributed by atoms with van der Waals surface area (Å²) < 4.78 is 5.25. The van der Waals surface area contributed by atoms with Gasteiger partial charge in [0.2, 0.25) is 0 Å². The second-order valence-corrected chi connectivity index (χ2v) is 4.75. The van der Waals surface area contributed by atoms with Crippen LogP contribution in [0.25, 0.3) is 0 Å². The lowest BCUT2D eigenvalue weighted by atomic mass is 10.1. The molecule has 0 aliphatic heterocycles. The van der Waals surface area contributed by atoms with Gasteiger partial charge in [-0.25, -0.2) is 0 Å². The first-order valence-corrected chi connectivity index (χ1v) is 6.30. The molecule has 0 saturated heterocycles. The van der Waals surface area contributed by atoms with Crippen molar-refractivity contribution >= 4 is 11.4 Å². The molecule has 19 heavy (non-hydrogen) atoms. The molecular formula is C16H20N2O. The van der Waals surface area contributed by atoms with Gasteiger partial charge in [-0.2, -0.15) is 0 Å². The zero-order valence-electron chi connectivity index (χ0n) is 11.7. The van der Waals surface area contributed by atoms with E-state index in [0.29, 0.717) is 0 Å². The van der Waals surface area contributed by atoms with Crippen molar-refractivity contribution in [1.29, 1.82) is 0 Å². The topological polar surface area (TPSA) is 38.5 Å². The second-order valence-electron chi connectivity index (χ2n) is 4.75. The van der Waals surface area contributed by atoms with Crippen LogP contribution in [0, 0.1) is 6.92 Å². The highest BCUT2D eigenvalue weighted by Crippen LogP contribution is 2.24. The molecule has 3 nitrogen and oxygen atoms in total. The largest absolute Gasteiger partial charge is 0.497 e. The summed E-state index contributed by atoms with van der Waals surface area (Å²) in [5.74, 6) is 0.884. The molecule has 0 fully saturated rings. The second kappa shape index (κ2) is 5.65. The van der Waals surface area contributed by atoms with E-state index in [4.69, 9.17) is 10.5 Å². The highest BCUT2D eigenvalue weighted by molar-refractivity contribution is 5.60. The van der Waals surface area contributed by atoms with Crippen molar-refractivity contribution in [3.05, 3.63) is 53.6 Å². The summed E-state index contributed by atoms with van der Waals surface area (Å²) in [4.78, 5) is 2.19. The number of hydrogen-bond donors (Lipinski definition) is 1. The van der Waals surface area contributed by atoms with E-state index in [2.05, 4.69) is 31.0 Å². The molecule has 0 saturated carbocycles. The zero-order chi connectivity index (χ0) is 13.8. The number of nitrogens with two attached hydrogens (primary N) is 1. The molecule has 0 radical (unpaired) electrons. The molecular weight excluding hydrogens is 236 g/mol. The minimum atomic E-state index is 0.790. The number of rotatable bonds is 4. The number of benzene rings is 2. The van der Waals surface area contributed by atoms with Crippen LogP contribution in [0.2, 0.25) is 0 Å². The van der Waals surface area contributed by atoms with Crippen molar-refractivity contribution in [2.24, 2.45) is 0 Å². The average Bonchev–Trinajstić information content (AvgIpc) is 2.41. The third-order valence-corrected chi connectivity index (χ3v) is 3.20. The van der Waals surface area contributed by atoms with Gasteiger partial charge in [-0.15, -0.1) is 0 Å². The lowest BCUT2D eigenvalue weighted by molar-refractivity contribution is 0.414. The predicted octanol–water partition coefficient (Wildman–Crippen LogP) is 3.22. The maximum atomic E-state index is 5.86. The Morgan fingerprint density at radius 2 is 1.95 bits per heavy atom. The van der Waals surface area contributed by atoms with Crippen molar-refractivity contribution < 1.29 is 4.74 Å². The van der Waals surface area contributed by atoms with Gasteiger partial charge in [0.1, 0.15) is 5.75 Å². The minimum absolute atomic E-state index is 0.790. The van der Waals surface area contributed by atoms with Gasteiger partial charge in [0.15, 0.2) is 0 Å². The SMILES string of the molecule is COc1cccc(CN(C)c2cc(N)ccc2C)c1. The first kappa shape index (κ1) is 13.3.